The van der Waals surface area contributed by atoms with Crippen LogP contribution in [-0.2, 0) is 4.74 Å². The van der Waals surface area contributed by atoms with Crippen LogP contribution < -0.4 is 5.32 Å². The monoisotopic (exact) mass is 259 g/mol. The molecular weight excluding hydrogens is 226 g/mol. The molecule has 1 atom stereocenters. The highest BCUT2D eigenvalue weighted by atomic mass is 16.5. The van der Waals surface area contributed by atoms with E-state index in [1.165, 1.54) is 19.3 Å². The second-order valence-electron chi connectivity index (χ2n) is 5.14. The molecule has 0 aromatic carbocycles. The summed E-state index contributed by atoms with van der Waals surface area (Å²) < 4.78 is 5.62. The Balaban J connectivity index is 3.69. The van der Waals surface area contributed by atoms with Crippen molar-refractivity contribution in [3.05, 3.63) is 0 Å². The van der Waals surface area contributed by atoms with Crippen molar-refractivity contribution in [1.82, 2.24) is 5.32 Å². The molecule has 1 unspecified atom stereocenters. The molecule has 0 spiro atoms. The molecule has 3 nitrogen and oxygen atoms in total. The number of aliphatic hydroxyl groups excluding tert-OH is 1. The molecule has 0 fully saturated rings. The highest BCUT2D eigenvalue weighted by Crippen LogP contribution is 2.17. The fraction of sp³-hybridized carbons (Fsp3) is 1.00. The molecule has 0 aliphatic rings. The summed E-state index contributed by atoms with van der Waals surface area (Å²) in [4.78, 5) is 0. The van der Waals surface area contributed by atoms with Crippen LogP contribution in [0, 0.1) is 0 Å². The third-order valence-corrected chi connectivity index (χ3v) is 3.57. The zero-order chi connectivity index (χ0) is 13.7. The Morgan fingerprint density at radius 2 is 1.72 bits per heavy atom. The lowest BCUT2D eigenvalue weighted by molar-refractivity contribution is 0.101. The zero-order valence-electron chi connectivity index (χ0n) is 12.6. The Hall–Kier alpha value is -0.120. The SMILES string of the molecule is CCCCCOCCCC(CC)(CO)NCCC. The van der Waals surface area contributed by atoms with E-state index >= 15 is 0 Å². The summed E-state index contributed by atoms with van der Waals surface area (Å²) in [6.07, 6.45) is 7.77. The summed E-state index contributed by atoms with van der Waals surface area (Å²) in [6, 6.07) is 0. The molecule has 0 radical (unpaired) electrons. The van der Waals surface area contributed by atoms with E-state index in [9.17, 15) is 5.11 Å². The van der Waals surface area contributed by atoms with E-state index in [-0.39, 0.29) is 12.1 Å². The van der Waals surface area contributed by atoms with Gasteiger partial charge in [-0.1, -0.05) is 33.6 Å². The summed E-state index contributed by atoms with van der Waals surface area (Å²) in [7, 11) is 0. The maximum atomic E-state index is 9.57. The van der Waals surface area contributed by atoms with Crippen LogP contribution in [0.1, 0.15) is 65.7 Å². The van der Waals surface area contributed by atoms with Gasteiger partial charge < -0.3 is 15.2 Å². The van der Waals surface area contributed by atoms with Gasteiger partial charge in [0.15, 0.2) is 0 Å². The van der Waals surface area contributed by atoms with E-state index in [1.807, 2.05) is 0 Å². The number of nitrogens with one attached hydrogen (secondary N) is 1. The third kappa shape index (κ3) is 8.06. The topological polar surface area (TPSA) is 41.5 Å². The minimum Gasteiger partial charge on any atom is -0.394 e. The Morgan fingerprint density at radius 3 is 2.28 bits per heavy atom. The molecule has 110 valence electrons. The van der Waals surface area contributed by atoms with E-state index in [0.29, 0.717) is 0 Å². The molecule has 0 aliphatic carbocycles. The Labute approximate surface area is 113 Å². The molecule has 2 N–H and O–H groups in total. The first-order valence-corrected chi connectivity index (χ1v) is 7.68. The Morgan fingerprint density at radius 1 is 1.00 bits per heavy atom. The summed E-state index contributed by atoms with van der Waals surface area (Å²) in [6.45, 7) is 9.40. The second-order valence-corrected chi connectivity index (χ2v) is 5.14. The number of ether oxygens (including phenoxy) is 1. The van der Waals surface area contributed by atoms with Crippen LogP contribution in [0.5, 0.6) is 0 Å². The highest BCUT2D eigenvalue weighted by molar-refractivity contribution is 4.85. The fourth-order valence-electron chi connectivity index (χ4n) is 2.10. The predicted octanol–water partition coefficient (Wildman–Crippen LogP) is 3.11. The molecule has 0 aromatic rings. The quantitative estimate of drug-likeness (QED) is 0.499. The second kappa shape index (κ2) is 11.9. The molecule has 0 amide bonds. The summed E-state index contributed by atoms with van der Waals surface area (Å²) in [5, 5.41) is 13.1. The van der Waals surface area contributed by atoms with E-state index in [4.69, 9.17) is 4.74 Å². The van der Waals surface area contributed by atoms with Crippen molar-refractivity contribution in [2.75, 3.05) is 26.4 Å². The minimum atomic E-state index is -0.0945. The molecule has 0 heterocycles. The molecule has 0 saturated carbocycles. The summed E-state index contributed by atoms with van der Waals surface area (Å²) in [5.74, 6) is 0. The number of hydrogen-bond donors (Lipinski definition) is 2. The Kier molecular flexibility index (Phi) is 11.9. The minimum absolute atomic E-state index is 0.0945. The molecule has 0 aromatic heterocycles. The molecule has 0 bridgehead atoms. The molecule has 18 heavy (non-hydrogen) atoms. The van der Waals surface area contributed by atoms with Crippen molar-refractivity contribution in [2.45, 2.75) is 71.3 Å². The first-order valence-electron chi connectivity index (χ1n) is 7.68. The van der Waals surface area contributed by atoms with Crippen LogP contribution >= 0.6 is 0 Å². The van der Waals surface area contributed by atoms with Gasteiger partial charge in [0.05, 0.1) is 6.61 Å². The van der Waals surface area contributed by atoms with Crippen LogP contribution in [0.25, 0.3) is 0 Å². The van der Waals surface area contributed by atoms with Gasteiger partial charge in [-0.15, -0.1) is 0 Å². The highest BCUT2D eigenvalue weighted by Gasteiger charge is 2.25. The van der Waals surface area contributed by atoms with Crippen molar-refractivity contribution in [3.8, 4) is 0 Å². The van der Waals surface area contributed by atoms with Gasteiger partial charge in [-0.25, -0.2) is 0 Å². The average molecular weight is 259 g/mol. The van der Waals surface area contributed by atoms with Crippen LogP contribution in [0.15, 0.2) is 0 Å². The van der Waals surface area contributed by atoms with Crippen LogP contribution in [0.3, 0.4) is 0 Å². The van der Waals surface area contributed by atoms with Crippen molar-refractivity contribution in [3.63, 3.8) is 0 Å². The van der Waals surface area contributed by atoms with Gasteiger partial charge in [0.2, 0.25) is 0 Å². The third-order valence-electron chi connectivity index (χ3n) is 3.57. The molecule has 3 heteroatoms. The van der Waals surface area contributed by atoms with E-state index in [1.54, 1.807) is 0 Å². The normalized spacial score (nSPS) is 14.7. The van der Waals surface area contributed by atoms with Crippen molar-refractivity contribution in [1.29, 1.82) is 0 Å². The summed E-state index contributed by atoms with van der Waals surface area (Å²) in [5.41, 5.74) is -0.0945. The van der Waals surface area contributed by atoms with Crippen molar-refractivity contribution in [2.24, 2.45) is 0 Å². The lowest BCUT2D eigenvalue weighted by Crippen LogP contribution is -2.48. The smallest absolute Gasteiger partial charge is 0.0613 e. The maximum absolute atomic E-state index is 9.57. The van der Waals surface area contributed by atoms with Crippen molar-refractivity contribution < 1.29 is 9.84 Å². The van der Waals surface area contributed by atoms with E-state index < -0.39 is 0 Å². The van der Waals surface area contributed by atoms with Crippen molar-refractivity contribution >= 4 is 0 Å². The van der Waals surface area contributed by atoms with Gasteiger partial charge in [0.1, 0.15) is 0 Å². The summed E-state index contributed by atoms with van der Waals surface area (Å²) >= 11 is 0. The van der Waals surface area contributed by atoms with Crippen LogP contribution in [-0.4, -0.2) is 37.0 Å². The Bertz CT molecular complexity index is 170. The standard InChI is InChI=1S/C15H33NO2/c1-4-7-8-12-18-13-9-10-15(6-3,14-17)16-11-5-2/h16-17H,4-14H2,1-3H3. The number of rotatable bonds is 13. The van der Waals surface area contributed by atoms with Gasteiger partial charge in [-0.05, 0) is 38.6 Å². The van der Waals surface area contributed by atoms with Gasteiger partial charge >= 0.3 is 0 Å². The predicted molar refractivity (Wildman–Crippen MR) is 78.0 cm³/mol. The fourth-order valence-corrected chi connectivity index (χ4v) is 2.10. The zero-order valence-corrected chi connectivity index (χ0v) is 12.6. The van der Waals surface area contributed by atoms with Gasteiger partial charge in [0.25, 0.3) is 0 Å². The largest absolute Gasteiger partial charge is 0.394 e. The molecular formula is C15H33NO2. The lowest BCUT2D eigenvalue weighted by Gasteiger charge is -2.32. The lowest BCUT2D eigenvalue weighted by atomic mass is 9.91. The number of aliphatic hydroxyl groups is 1. The number of hydrogen-bond acceptors (Lipinski definition) is 3. The first-order chi connectivity index (χ1) is 8.74. The van der Waals surface area contributed by atoms with Gasteiger partial charge in [0, 0.05) is 18.8 Å². The molecule has 0 aliphatic heterocycles. The van der Waals surface area contributed by atoms with Gasteiger partial charge in [-0.3, -0.25) is 0 Å². The van der Waals surface area contributed by atoms with E-state index in [2.05, 4.69) is 26.1 Å². The van der Waals surface area contributed by atoms with Crippen LogP contribution in [0.4, 0.5) is 0 Å². The molecule has 0 rings (SSSR count). The number of unbranched alkanes of at least 4 members (excludes halogenated alkanes) is 2. The maximum Gasteiger partial charge on any atom is 0.0613 e. The average Bonchev–Trinajstić information content (AvgIpc) is 2.42. The van der Waals surface area contributed by atoms with Gasteiger partial charge in [-0.2, -0.15) is 0 Å². The molecule has 0 saturated heterocycles. The van der Waals surface area contributed by atoms with E-state index in [0.717, 1.165) is 45.4 Å². The first kappa shape index (κ1) is 17.9. The van der Waals surface area contributed by atoms with Crippen LogP contribution in [0.2, 0.25) is 0 Å².